The maximum absolute atomic E-state index is 5.63. The maximum Gasteiger partial charge on any atom is 0.136 e. The Balaban J connectivity index is 2.06. The van der Waals surface area contributed by atoms with Gasteiger partial charge in [0, 0.05) is 31.2 Å². The Hall–Kier alpha value is -1.04. The molecule has 0 aliphatic carbocycles. The zero-order valence-electron chi connectivity index (χ0n) is 11.9. The molecule has 0 radical (unpaired) electrons. The van der Waals surface area contributed by atoms with Gasteiger partial charge in [-0.1, -0.05) is 6.07 Å². The average Bonchev–Trinajstić information content (AvgIpc) is 2.81. The van der Waals surface area contributed by atoms with Crippen molar-refractivity contribution in [2.24, 2.45) is 0 Å². The second kappa shape index (κ2) is 6.41. The minimum atomic E-state index is 0.224. The lowest BCUT2D eigenvalue weighted by Gasteiger charge is -2.24. The molecule has 0 atom stereocenters. The molecule has 2 aromatic rings. The number of hydrogen-bond acceptors (Lipinski definition) is 4. The van der Waals surface area contributed by atoms with Gasteiger partial charge in [-0.05, 0) is 39.3 Å². The lowest BCUT2D eigenvalue weighted by atomic mass is 10.2. The van der Waals surface area contributed by atoms with Gasteiger partial charge in [-0.15, -0.1) is 0 Å². The summed E-state index contributed by atoms with van der Waals surface area (Å²) in [7, 11) is 0. The minimum Gasteiger partial charge on any atom is -0.307 e. The molecule has 2 aromatic heterocycles. The molecule has 0 aliphatic rings. The number of aromatic nitrogens is 2. The van der Waals surface area contributed by atoms with Crippen LogP contribution in [0.25, 0.3) is 5.65 Å². The predicted molar refractivity (Wildman–Crippen MR) is 79.7 cm³/mol. The smallest absolute Gasteiger partial charge is 0.136 e. The Labute approximate surface area is 119 Å². The van der Waals surface area contributed by atoms with Crippen molar-refractivity contribution in [2.45, 2.75) is 46.4 Å². The van der Waals surface area contributed by atoms with Gasteiger partial charge in [0.25, 0.3) is 0 Å². The number of hydrogen-bond donors (Lipinski definition) is 0. The summed E-state index contributed by atoms with van der Waals surface area (Å²) in [6.07, 6.45) is 6.13. The molecule has 2 heterocycles. The van der Waals surface area contributed by atoms with E-state index >= 15 is 0 Å². The Bertz CT molecular complexity index is 524. The van der Waals surface area contributed by atoms with E-state index in [-0.39, 0.29) is 6.10 Å². The highest BCUT2D eigenvalue weighted by Gasteiger charge is 2.13. The Morgan fingerprint density at radius 1 is 1.32 bits per heavy atom. The van der Waals surface area contributed by atoms with E-state index < -0.39 is 0 Å². The van der Waals surface area contributed by atoms with Gasteiger partial charge in [0.1, 0.15) is 5.65 Å². The standard InChI is InChI=1S/C14H21N3OS/c1-11(2)17(19-18-12(3)4)10-13-5-6-14-15-7-8-16(14)9-13/h5-9,11-12H,10H2,1-4H3. The largest absolute Gasteiger partial charge is 0.307 e. The van der Waals surface area contributed by atoms with Crippen LogP contribution in [0.2, 0.25) is 0 Å². The first-order chi connectivity index (χ1) is 9.06. The van der Waals surface area contributed by atoms with Crippen molar-refractivity contribution in [3.63, 3.8) is 0 Å². The van der Waals surface area contributed by atoms with Crippen molar-refractivity contribution in [2.75, 3.05) is 0 Å². The molecular formula is C14H21N3OS. The SMILES string of the molecule is CC(C)OSN(Cc1ccc2nccn2c1)C(C)C. The van der Waals surface area contributed by atoms with Crippen LogP contribution in [0.5, 0.6) is 0 Å². The van der Waals surface area contributed by atoms with Crippen molar-refractivity contribution >= 4 is 17.9 Å². The van der Waals surface area contributed by atoms with E-state index in [1.54, 1.807) is 0 Å². The van der Waals surface area contributed by atoms with Gasteiger partial charge >= 0.3 is 0 Å². The number of pyridine rings is 1. The molecule has 4 nitrogen and oxygen atoms in total. The quantitative estimate of drug-likeness (QED) is 0.597. The van der Waals surface area contributed by atoms with Gasteiger partial charge in [-0.25, -0.2) is 9.29 Å². The molecule has 5 heteroatoms. The first-order valence-corrected chi connectivity index (χ1v) is 7.28. The van der Waals surface area contributed by atoms with E-state index in [1.807, 2.05) is 36.7 Å². The van der Waals surface area contributed by atoms with E-state index in [9.17, 15) is 0 Å². The number of rotatable bonds is 6. The second-order valence-corrected chi connectivity index (χ2v) is 5.93. The molecule has 0 fully saturated rings. The van der Waals surface area contributed by atoms with Crippen LogP contribution in [0.1, 0.15) is 33.3 Å². The molecule has 0 saturated carbocycles. The lowest BCUT2D eigenvalue weighted by Crippen LogP contribution is -2.24. The first kappa shape index (κ1) is 14.4. The summed E-state index contributed by atoms with van der Waals surface area (Å²) in [5.74, 6) is 0. The van der Waals surface area contributed by atoms with E-state index in [1.165, 1.54) is 17.8 Å². The maximum atomic E-state index is 5.63. The molecule has 0 aliphatic heterocycles. The monoisotopic (exact) mass is 279 g/mol. The van der Waals surface area contributed by atoms with Gasteiger partial charge in [-0.2, -0.15) is 0 Å². The van der Waals surface area contributed by atoms with Gasteiger partial charge in [-0.3, -0.25) is 4.18 Å². The lowest BCUT2D eigenvalue weighted by molar-refractivity contribution is 0.255. The highest BCUT2D eigenvalue weighted by Crippen LogP contribution is 2.21. The third-order valence-corrected chi connectivity index (χ3v) is 3.91. The predicted octanol–water partition coefficient (Wildman–Crippen LogP) is 3.53. The summed E-state index contributed by atoms with van der Waals surface area (Å²) in [4.78, 5) is 4.25. The van der Waals surface area contributed by atoms with Crippen LogP contribution in [-0.2, 0) is 10.7 Å². The molecule has 0 aromatic carbocycles. The highest BCUT2D eigenvalue weighted by molar-refractivity contribution is 7.92. The third-order valence-electron chi connectivity index (χ3n) is 2.70. The van der Waals surface area contributed by atoms with Crippen molar-refractivity contribution < 1.29 is 4.18 Å². The molecular weight excluding hydrogens is 258 g/mol. The van der Waals surface area contributed by atoms with E-state index in [2.05, 4.69) is 35.4 Å². The molecule has 0 N–H and O–H groups in total. The van der Waals surface area contributed by atoms with Crippen LogP contribution in [-0.4, -0.2) is 25.8 Å². The minimum absolute atomic E-state index is 0.224. The van der Waals surface area contributed by atoms with Crippen molar-refractivity contribution in [3.8, 4) is 0 Å². The fourth-order valence-corrected chi connectivity index (χ4v) is 2.33. The van der Waals surface area contributed by atoms with Gasteiger partial charge < -0.3 is 4.40 Å². The van der Waals surface area contributed by atoms with Gasteiger partial charge in [0.05, 0.1) is 18.3 Å². The summed E-state index contributed by atoms with van der Waals surface area (Å²) in [6, 6.07) is 4.58. The fourth-order valence-electron chi connectivity index (χ4n) is 1.68. The molecule has 0 amide bonds. The number of fused-ring (bicyclic) bond motifs is 1. The molecule has 2 rings (SSSR count). The van der Waals surface area contributed by atoms with Crippen LogP contribution in [0, 0.1) is 0 Å². The normalized spacial score (nSPS) is 12.2. The Morgan fingerprint density at radius 2 is 2.11 bits per heavy atom. The van der Waals surface area contributed by atoms with E-state index in [0.717, 1.165) is 12.2 Å². The molecule has 19 heavy (non-hydrogen) atoms. The zero-order valence-corrected chi connectivity index (χ0v) is 12.7. The molecule has 104 valence electrons. The summed E-state index contributed by atoms with van der Waals surface area (Å²) >= 11 is 1.45. The van der Waals surface area contributed by atoms with Crippen LogP contribution in [0.4, 0.5) is 0 Å². The summed E-state index contributed by atoms with van der Waals surface area (Å²) in [5.41, 5.74) is 2.23. The summed E-state index contributed by atoms with van der Waals surface area (Å²) < 4.78 is 9.91. The molecule has 0 unspecified atom stereocenters. The van der Waals surface area contributed by atoms with Crippen LogP contribution in [0.3, 0.4) is 0 Å². The zero-order chi connectivity index (χ0) is 13.8. The Kier molecular flexibility index (Phi) is 4.85. The second-order valence-electron chi connectivity index (χ2n) is 5.12. The third kappa shape index (κ3) is 3.96. The summed E-state index contributed by atoms with van der Waals surface area (Å²) in [5, 5.41) is 0. The van der Waals surface area contributed by atoms with Crippen LogP contribution >= 0.6 is 12.2 Å². The molecule has 0 saturated heterocycles. The van der Waals surface area contributed by atoms with Crippen molar-refractivity contribution in [3.05, 3.63) is 36.3 Å². The van der Waals surface area contributed by atoms with Crippen molar-refractivity contribution in [1.82, 2.24) is 13.7 Å². The average molecular weight is 279 g/mol. The fraction of sp³-hybridized carbons (Fsp3) is 0.500. The van der Waals surface area contributed by atoms with Crippen LogP contribution < -0.4 is 0 Å². The van der Waals surface area contributed by atoms with Gasteiger partial charge in [0.2, 0.25) is 0 Å². The Morgan fingerprint density at radius 3 is 2.79 bits per heavy atom. The first-order valence-electron chi connectivity index (χ1n) is 6.58. The van der Waals surface area contributed by atoms with Crippen molar-refractivity contribution in [1.29, 1.82) is 0 Å². The molecule has 0 spiro atoms. The summed E-state index contributed by atoms with van der Waals surface area (Å²) in [6.45, 7) is 9.29. The van der Waals surface area contributed by atoms with Crippen LogP contribution in [0.15, 0.2) is 30.7 Å². The van der Waals surface area contributed by atoms with E-state index in [4.69, 9.17) is 4.18 Å². The topological polar surface area (TPSA) is 29.8 Å². The number of imidazole rings is 1. The number of nitrogens with zero attached hydrogens (tertiary/aromatic N) is 3. The van der Waals surface area contributed by atoms with E-state index in [0.29, 0.717) is 6.04 Å². The highest BCUT2D eigenvalue weighted by atomic mass is 32.2. The molecule has 0 bridgehead atoms. The van der Waals surface area contributed by atoms with Gasteiger partial charge in [0.15, 0.2) is 0 Å².